The summed E-state index contributed by atoms with van der Waals surface area (Å²) < 4.78 is 5.54. The van der Waals surface area contributed by atoms with Crippen LogP contribution in [0, 0.1) is 0 Å². The van der Waals surface area contributed by atoms with Crippen molar-refractivity contribution in [1.82, 2.24) is 0 Å². The molecule has 0 spiro atoms. The van der Waals surface area contributed by atoms with Crippen molar-refractivity contribution < 1.29 is 14.3 Å². The van der Waals surface area contributed by atoms with E-state index in [1.54, 1.807) is 31.3 Å². The summed E-state index contributed by atoms with van der Waals surface area (Å²) in [4.78, 5) is 25.0. The van der Waals surface area contributed by atoms with Crippen LogP contribution in [0.25, 0.3) is 0 Å². The molecule has 2 aromatic rings. The molecule has 6 heteroatoms. The first-order chi connectivity index (χ1) is 12.8. The number of hydrogen-bond donors (Lipinski definition) is 2. The monoisotopic (exact) mass is 367 g/mol. The lowest BCUT2D eigenvalue weighted by molar-refractivity contribution is -0.116. The molecule has 0 saturated carbocycles. The standard InChI is InChI=1S/C21H25N3O3/c1-15(2)14-27-20-11-7-17(8-12-20)22-13-21(26)23-18-5-9-19(10-6-18)24(4)16(3)25/h5-12,22H,1,13-14H2,2-4H3,(H,23,26). The maximum Gasteiger partial charge on any atom is 0.243 e. The minimum Gasteiger partial charge on any atom is -0.489 e. The summed E-state index contributed by atoms with van der Waals surface area (Å²) in [5.74, 6) is 0.543. The lowest BCUT2D eigenvalue weighted by atomic mass is 10.2. The third-order valence-electron chi connectivity index (χ3n) is 3.80. The molecule has 2 rings (SSSR count). The van der Waals surface area contributed by atoms with Gasteiger partial charge in [0.25, 0.3) is 0 Å². The molecule has 0 unspecified atom stereocenters. The zero-order valence-corrected chi connectivity index (χ0v) is 15.9. The molecule has 0 bridgehead atoms. The molecular weight excluding hydrogens is 342 g/mol. The zero-order valence-electron chi connectivity index (χ0n) is 15.9. The van der Waals surface area contributed by atoms with E-state index in [9.17, 15) is 9.59 Å². The normalized spacial score (nSPS) is 10.0. The lowest BCUT2D eigenvalue weighted by Crippen LogP contribution is -2.23. The number of nitrogens with zero attached hydrogens (tertiary/aromatic N) is 1. The molecular formula is C21H25N3O3. The Bertz CT molecular complexity index is 798. The number of rotatable bonds is 8. The first-order valence-corrected chi connectivity index (χ1v) is 8.60. The van der Waals surface area contributed by atoms with Gasteiger partial charge in [-0.05, 0) is 61.0 Å². The van der Waals surface area contributed by atoms with Crippen LogP contribution in [0.4, 0.5) is 17.1 Å². The van der Waals surface area contributed by atoms with Gasteiger partial charge in [0.15, 0.2) is 0 Å². The van der Waals surface area contributed by atoms with Crippen molar-refractivity contribution in [1.29, 1.82) is 0 Å². The zero-order chi connectivity index (χ0) is 19.8. The van der Waals surface area contributed by atoms with E-state index < -0.39 is 0 Å². The van der Waals surface area contributed by atoms with E-state index in [1.165, 1.54) is 11.8 Å². The van der Waals surface area contributed by atoms with Gasteiger partial charge in [0.1, 0.15) is 12.4 Å². The SMILES string of the molecule is C=C(C)COc1ccc(NCC(=O)Nc2ccc(N(C)C(C)=O)cc2)cc1. The van der Waals surface area contributed by atoms with Gasteiger partial charge in [-0.3, -0.25) is 9.59 Å². The van der Waals surface area contributed by atoms with Crippen LogP contribution >= 0.6 is 0 Å². The number of nitrogens with one attached hydrogen (secondary N) is 2. The second-order valence-corrected chi connectivity index (χ2v) is 6.30. The topological polar surface area (TPSA) is 70.7 Å². The molecule has 0 radical (unpaired) electrons. The third kappa shape index (κ3) is 6.51. The largest absolute Gasteiger partial charge is 0.489 e. The van der Waals surface area contributed by atoms with Gasteiger partial charge in [-0.2, -0.15) is 0 Å². The highest BCUT2D eigenvalue weighted by Gasteiger charge is 2.06. The number of anilines is 3. The van der Waals surface area contributed by atoms with Crippen LogP contribution in [0.1, 0.15) is 13.8 Å². The Morgan fingerprint density at radius 3 is 2.15 bits per heavy atom. The first-order valence-electron chi connectivity index (χ1n) is 8.60. The summed E-state index contributed by atoms with van der Waals surface area (Å²) in [6.45, 7) is 7.82. The Morgan fingerprint density at radius 1 is 1.00 bits per heavy atom. The van der Waals surface area contributed by atoms with E-state index in [4.69, 9.17) is 4.74 Å². The van der Waals surface area contributed by atoms with Gasteiger partial charge in [-0.25, -0.2) is 0 Å². The summed E-state index contributed by atoms with van der Waals surface area (Å²) in [6, 6.07) is 14.5. The van der Waals surface area contributed by atoms with Crippen molar-refractivity contribution in [2.75, 3.05) is 35.7 Å². The number of carbonyl (C=O) groups is 2. The van der Waals surface area contributed by atoms with Gasteiger partial charge < -0.3 is 20.3 Å². The van der Waals surface area contributed by atoms with Crippen LogP contribution < -0.4 is 20.3 Å². The molecule has 0 atom stereocenters. The summed E-state index contributed by atoms with van der Waals surface area (Å²) in [5.41, 5.74) is 3.22. The fourth-order valence-corrected chi connectivity index (χ4v) is 2.21. The quantitative estimate of drug-likeness (QED) is 0.699. The van der Waals surface area contributed by atoms with E-state index in [1.807, 2.05) is 31.2 Å². The molecule has 0 heterocycles. The van der Waals surface area contributed by atoms with Crippen LogP contribution in [0.5, 0.6) is 5.75 Å². The maximum atomic E-state index is 12.1. The Balaban J connectivity index is 1.82. The Labute approximate surface area is 159 Å². The summed E-state index contributed by atoms with van der Waals surface area (Å²) in [7, 11) is 1.70. The second kappa shape index (κ2) is 9.43. The summed E-state index contributed by atoms with van der Waals surface area (Å²) >= 11 is 0. The van der Waals surface area contributed by atoms with Gasteiger partial charge in [0, 0.05) is 31.0 Å². The molecule has 0 fully saturated rings. The van der Waals surface area contributed by atoms with Gasteiger partial charge in [0.2, 0.25) is 11.8 Å². The third-order valence-corrected chi connectivity index (χ3v) is 3.80. The van der Waals surface area contributed by atoms with Crippen LogP contribution in [0.15, 0.2) is 60.7 Å². The first kappa shape index (κ1) is 20.0. The molecule has 0 aromatic heterocycles. The van der Waals surface area contributed by atoms with Gasteiger partial charge in [-0.1, -0.05) is 6.58 Å². The minimum absolute atomic E-state index is 0.0490. The number of benzene rings is 2. The molecule has 0 aliphatic rings. The number of amides is 2. The number of hydrogen-bond acceptors (Lipinski definition) is 4. The van der Waals surface area contributed by atoms with Crippen LogP contribution in [-0.4, -0.2) is 32.0 Å². The van der Waals surface area contributed by atoms with Gasteiger partial charge in [-0.15, -0.1) is 0 Å². The van der Waals surface area contributed by atoms with E-state index >= 15 is 0 Å². The van der Waals surface area contributed by atoms with E-state index in [-0.39, 0.29) is 18.4 Å². The van der Waals surface area contributed by atoms with Crippen molar-refractivity contribution >= 4 is 28.9 Å². The Kier molecular flexibility index (Phi) is 7.00. The summed E-state index contributed by atoms with van der Waals surface area (Å²) in [5, 5.41) is 5.88. The molecule has 2 N–H and O–H groups in total. The molecule has 2 amide bonds. The van der Waals surface area contributed by atoms with E-state index in [2.05, 4.69) is 17.2 Å². The van der Waals surface area contributed by atoms with Crippen LogP contribution in [0.2, 0.25) is 0 Å². The second-order valence-electron chi connectivity index (χ2n) is 6.30. The highest BCUT2D eigenvalue weighted by atomic mass is 16.5. The van der Waals surface area contributed by atoms with Crippen molar-refractivity contribution in [3.63, 3.8) is 0 Å². The van der Waals surface area contributed by atoms with Crippen molar-refractivity contribution in [3.8, 4) is 5.75 Å². The van der Waals surface area contributed by atoms with Gasteiger partial charge >= 0.3 is 0 Å². The van der Waals surface area contributed by atoms with Crippen molar-refractivity contribution in [2.24, 2.45) is 0 Å². The molecule has 6 nitrogen and oxygen atoms in total. The molecule has 0 aliphatic carbocycles. The lowest BCUT2D eigenvalue weighted by Gasteiger charge is -2.15. The van der Waals surface area contributed by atoms with Crippen LogP contribution in [0.3, 0.4) is 0 Å². The average Bonchev–Trinajstić information content (AvgIpc) is 2.65. The average molecular weight is 367 g/mol. The molecule has 142 valence electrons. The van der Waals surface area contributed by atoms with Crippen molar-refractivity contribution in [2.45, 2.75) is 13.8 Å². The van der Waals surface area contributed by atoms with Crippen LogP contribution in [-0.2, 0) is 9.59 Å². The molecule has 0 aliphatic heterocycles. The smallest absolute Gasteiger partial charge is 0.243 e. The van der Waals surface area contributed by atoms with Gasteiger partial charge in [0.05, 0.1) is 6.54 Å². The minimum atomic E-state index is -0.162. The summed E-state index contributed by atoms with van der Waals surface area (Å²) in [6.07, 6.45) is 0. The Morgan fingerprint density at radius 2 is 1.59 bits per heavy atom. The number of carbonyl (C=O) groups excluding carboxylic acids is 2. The van der Waals surface area contributed by atoms with E-state index in [0.29, 0.717) is 12.3 Å². The van der Waals surface area contributed by atoms with E-state index in [0.717, 1.165) is 22.7 Å². The Hall–Kier alpha value is -3.28. The molecule has 27 heavy (non-hydrogen) atoms. The predicted octanol–water partition coefficient (Wildman–Crippen LogP) is 3.67. The molecule has 0 saturated heterocycles. The fraction of sp³-hybridized carbons (Fsp3) is 0.238. The highest BCUT2D eigenvalue weighted by molar-refractivity contribution is 5.94. The fourth-order valence-electron chi connectivity index (χ4n) is 2.21. The predicted molar refractivity (Wildman–Crippen MR) is 109 cm³/mol. The maximum absolute atomic E-state index is 12.1. The molecule has 2 aromatic carbocycles. The van der Waals surface area contributed by atoms with Crippen molar-refractivity contribution in [3.05, 3.63) is 60.7 Å². The number of ether oxygens (including phenoxy) is 1. The highest BCUT2D eigenvalue weighted by Crippen LogP contribution is 2.18.